The Balaban J connectivity index is 1.54. The Labute approximate surface area is 90.8 Å². The number of nitrogens with one attached hydrogen (secondary N) is 2. The average molecular weight is 212 g/mol. The van der Waals surface area contributed by atoms with Crippen molar-refractivity contribution in [1.29, 1.82) is 0 Å². The largest absolute Gasteiger partial charge is 0.375 e. The van der Waals surface area contributed by atoms with Gasteiger partial charge in [-0.1, -0.05) is 12.8 Å². The van der Waals surface area contributed by atoms with Gasteiger partial charge in [-0.15, -0.1) is 0 Å². The van der Waals surface area contributed by atoms with Crippen LogP contribution in [0.1, 0.15) is 25.7 Å². The molecule has 2 aliphatic rings. The first kappa shape index (κ1) is 10.9. The number of rotatable bonds is 5. The van der Waals surface area contributed by atoms with Gasteiger partial charge in [0.2, 0.25) is 5.91 Å². The molecule has 1 atom stereocenters. The molecule has 86 valence electrons. The van der Waals surface area contributed by atoms with Crippen LogP contribution in [0.25, 0.3) is 0 Å². The van der Waals surface area contributed by atoms with Gasteiger partial charge in [-0.25, -0.2) is 0 Å². The van der Waals surface area contributed by atoms with E-state index >= 15 is 0 Å². The molecule has 1 heterocycles. The fourth-order valence-corrected chi connectivity index (χ4v) is 1.85. The maximum atomic E-state index is 11.5. The van der Waals surface area contributed by atoms with E-state index in [1.54, 1.807) is 0 Å². The fraction of sp³-hybridized carbons (Fsp3) is 0.909. The quantitative estimate of drug-likeness (QED) is 0.688. The molecule has 1 aliphatic heterocycles. The van der Waals surface area contributed by atoms with Crippen LogP contribution in [-0.4, -0.2) is 38.3 Å². The summed E-state index contributed by atoms with van der Waals surface area (Å²) in [7, 11) is 0. The summed E-state index contributed by atoms with van der Waals surface area (Å²) in [4.78, 5) is 11.5. The Hall–Kier alpha value is -0.610. The molecule has 1 saturated carbocycles. The summed E-state index contributed by atoms with van der Waals surface area (Å²) in [6.45, 7) is 3.26. The lowest BCUT2D eigenvalue weighted by molar-refractivity contribution is -0.124. The van der Waals surface area contributed by atoms with Gasteiger partial charge in [0, 0.05) is 19.6 Å². The van der Waals surface area contributed by atoms with E-state index in [-0.39, 0.29) is 12.0 Å². The summed E-state index contributed by atoms with van der Waals surface area (Å²) in [5.74, 6) is 1.02. The molecule has 1 aliphatic carbocycles. The second-order valence-electron chi connectivity index (χ2n) is 4.48. The van der Waals surface area contributed by atoms with Gasteiger partial charge in [-0.05, 0) is 12.3 Å². The molecule has 2 rings (SSSR count). The van der Waals surface area contributed by atoms with Gasteiger partial charge >= 0.3 is 0 Å². The van der Waals surface area contributed by atoms with Gasteiger partial charge in [-0.3, -0.25) is 4.79 Å². The Morgan fingerprint density at radius 1 is 1.47 bits per heavy atom. The number of morpholine rings is 1. The first-order valence-corrected chi connectivity index (χ1v) is 5.93. The molecule has 0 radical (unpaired) electrons. The third kappa shape index (κ3) is 4.18. The van der Waals surface area contributed by atoms with Crippen molar-refractivity contribution in [2.75, 3.05) is 26.2 Å². The van der Waals surface area contributed by atoms with Crippen LogP contribution in [-0.2, 0) is 9.53 Å². The Morgan fingerprint density at radius 3 is 3.00 bits per heavy atom. The van der Waals surface area contributed by atoms with E-state index in [4.69, 9.17) is 4.74 Å². The van der Waals surface area contributed by atoms with Crippen LogP contribution >= 0.6 is 0 Å². The highest BCUT2D eigenvalue weighted by molar-refractivity contribution is 5.76. The van der Waals surface area contributed by atoms with Crippen LogP contribution in [0, 0.1) is 5.92 Å². The molecule has 2 fully saturated rings. The van der Waals surface area contributed by atoms with E-state index in [1.807, 2.05) is 0 Å². The Bertz CT molecular complexity index is 211. The molecule has 4 heteroatoms. The zero-order chi connectivity index (χ0) is 10.5. The lowest BCUT2D eigenvalue weighted by atomic mass is 10.2. The van der Waals surface area contributed by atoms with Crippen molar-refractivity contribution < 1.29 is 9.53 Å². The molecule has 15 heavy (non-hydrogen) atoms. The highest BCUT2D eigenvalue weighted by Crippen LogP contribution is 2.31. The van der Waals surface area contributed by atoms with Gasteiger partial charge in [-0.2, -0.15) is 0 Å². The number of carbonyl (C=O) groups excluding carboxylic acids is 1. The summed E-state index contributed by atoms with van der Waals surface area (Å²) in [5.41, 5.74) is 0. The minimum absolute atomic E-state index is 0.0691. The molecule has 1 amide bonds. The molecule has 2 N–H and O–H groups in total. The summed E-state index contributed by atoms with van der Waals surface area (Å²) in [6, 6.07) is 0. The second-order valence-corrected chi connectivity index (χ2v) is 4.48. The van der Waals surface area contributed by atoms with E-state index in [2.05, 4.69) is 10.6 Å². The van der Waals surface area contributed by atoms with Gasteiger partial charge in [0.1, 0.15) is 0 Å². The molecule has 0 aromatic heterocycles. The normalized spacial score (nSPS) is 26.3. The van der Waals surface area contributed by atoms with Crippen molar-refractivity contribution in [1.82, 2.24) is 10.6 Å². The number of hydrogen-bond donors (Lipinski definition) is 2. The standard InChI is InChI=1S/C11H20N2O2/c14-11(13-4-3-9-1-2-9)7-10-8-12-5-6-15-10/h9-10,12H,1-8H2,(H,13,14). The van der Waals surface area contributed by atoms with Crippen molar-refractivity contribution in [3.8, 4) is 0 Å². The Kier molecular flexibility index (Phi) is 3.97. The smallest absolute Gasteiger partial charge is 0.222 e. The summed E-state index contributed by atoms with van der Waals surface area (Å²) < 4.78 is 5.47. The molecule has 0 bridgehead atoms. The van der Waals surface area contributed by atoms with E-state index in [0.29, 0.717) is 6.42 Å². The maximum absolute atomic E-state index is 11.5. The van der Waals surface area contributed by atoms with E-state index in [1.165, 1.54) is 12.8 Å². The third-order valence-corrected chi connectivity index (χ3v) is 2.99. The third-order valence-electron chi connectivity index (χ3n) is 2.99. The molecule has 0 aromatic rings. The average Bonchev–Trinajstić information content (AvgIpc) is 3.03. The van der Waals surface area contributed by atoms with Crippen molar-refractivity contribution >= 4 is 5.91 Å². The van der Waals surface area contributed by atoms with Crippen LogP contribution in [0.2, 0.25) is 0 Å². The zero-order valence-electron chi connectivity index (χ0n) is 9.13. The molecular weight excluding hydrogens is 192 g/mol. The monoisotopic (exact) mass is 212 g/mol. The minimum Gasteiger partial charge on any atom is -0.375 e. The minimum atomic E-state index is 0.0691. The van der Waals surface area contributed by atoms with E-state index in [0.717, 1.165) is 38.6 Å². The van der Waals surface area contributed by atoms with Gasteiger partial charge < -0.3 is 15.4 Å². The van der Waals surface area contributed by atoms with Crippen LogP contribution in [0.15, 0.2) is 0 Å². The second kappa shape index (κ2) is 5.47. The number of ether oxygens (including phenoxy) is 1. The van der Waals surface area contributed by atoms with E-state index < -0.39 is 0 Å². The molecule has 1 saturated heterocycles. The lowest BCUT2D eigenvalue weighted by Gasteiger charge is -2.23. The van der Waals surface area contributed by atoms with Crippen molar-refractivity contribution in [2.45, 2.75) is 31.8 Å². The zero-order valence-corrected chi connectivity index (χ0v) is 9.13. The van der Waals surface area contributed by atoms with Gasteiger partial charge in [0.05, 0.1) is 19.1 Å². The highest BCUT2D eigenvalue weighted by atomic mass is 16.5. The summed E-state index contributed by atoms with van der Waals surface area (Å²) in [5, 5.41) is 6.17. The number of carbonyl (C=O) groups is 1. The highest BCUT2D eigenvalue weighted by Gasteiger charge is 2.21. The number of amides is 1. The van der Waals surface area contributed by atoms with Crippen molar-refractivity contribution in [2.24, 2.45) is 5.92 Å². The van der Waals surface area contributed by atoms with Crippen molar-refractivity contribution in [3.05, 3.63) is 0 Å². The Morgan fingerprint density at radius 2 is 2.33 bits per heavy atom. The first-order valence-electron chi connectivity index (χ1n) is 5.93. The first-order chi connectivity index (χ1) is 7.34. The van der Waals surface area contributed by atoms with Crippen LogP contribution < -0.4 is 10.6 Å². The predicted octanol–water partition coefficient (Wildman–Crippen LogP) is 0.281. The van der Waals surface area contributed by atoms with Crippen LogP contribution in [0.4, 0.5) is 0 Å². The molecular formula is C11H20N2O2. The lowest BCUT2D eigenvalue weighted by Crippen LogP contribution is -2.41. The molecule has 1 unspecified atom stereocenters. The molecule has 4 nitrogen and oxygen atoms in total. The molecule has 0 aromatic carbocycles. The molecule has 0 spiro atoms. The number of hydrogen-bond acceptors (Lipinski definition) is 3. The van der Waals surface area contributed by atoms with E-state index in [9.17, 15) is 4.79 Å². The topological polar surface area (TPSA) is 50.4 Å². The summed E-state index contributed by atoms with van der Waals surface area (Å²) in [6.07, 6.45) is 4.42. The SMILES string of the molecule is O=C(CC1CNCCO1)NCCC1CC1. The van der Waals surface area contributed by atoms with Crippen molar-refractivity contribution in [3.63, 3.8) is 0 Å². The van der Waals surface area contributed by atoms with Gasteiger partial charge in [0.15, 0.2) is 0 Å². The van der Waals surface area contributed by atoms with Gasteiger partial charge in [0.25, 0.3) is 0 Å². The van der Waals surface area contributed by atoms with Crippen LogP contribution in [0.3, 0.4) is 0 Å². The summed E-state index contributed by atoms with van der Waals surface area (Å²) >= 11 is 0. The van der Waals surface area contributed by atoms with Crippen LogP contribution in [0.5, 0.6) is 0 Å². The maximum Gasteiger partial charge on any atom is 0.222 e. The predicted molar refractivity (Wildman–Crippen MR) is 57.6 cm³/mol. The fourth-order valence-electron chi connectivity index (χ4n) is 1.85.